The SMILES string of the molecule is CC(C)C(=O)CCCON(C)C(C)C. The number of rotatable bonds is 7. The standard InChI is InChI=1S/C11H23NO2/c1-9(2)11(13)7-6-8-14-12(5)10(3)4/h9-10H,6-8H2,1-5H3. The molecule has 0 rings (SSSR count). The Labute approximate surface area is 87.4 Å². The van der Waals surface area contributed by atoms with Crippen molar-refractivity contribution in [3.8, 4) is 0 Å². The smallest absolute Gasteiger partial charge is 0.135 e. The van der Waals surface area contributed by atoms with Crippen molar-refractivity contribution in [2.24, 2.45) is 5.92 Å². The van der Waals surface area contributed by atoms with Crippen LogP contribution in [-0.2, 0) is 9.63 Å². The van der Waals surface area contributed by atoms with E-state index in [4.69, 9.17) is 4.84 Å². The molecule has 84 valence electrons. The van der Waals surface area contributed by atoms with Crippen molar-refractivity contribution >= 4 is 5.78 Å². The van der Waals surface area contributed by atoms with Crippen LogP contribution in [0.25, 0.3) is 0 Å². The van der Waals surface area contributed by atoms with Gasteiger partial charge in [-0.05, 0) is 20.3 Å². The molecule has 0 aliphatic rings. The molecule has 0 aromatic rings. The highest BCUT2D eigenvalue weighted by atomic mass is 16.7. The van der Waals surface area contributed by atoms with Crippen LogP contribution < -0.4 is 0 Å². The molecule has 0 atom stereocenters. The summed E-state index contributed by atoms with van der Waals surface area (Å²) in [6.45, 7) is 8.64. The van der Waals surface area contributed by atoms with E-state index in [1.165, 1.54) is 0 Å². The predicted octanol–water partition coefficient (Wildman–Crippen LogP) is 2.26. The molecule has 0 aromatic carbocycles. The topological polar surface area (TPSA) is 29.5 Å². The van der Waals surface area contributed by atoms with Crippen molar-refractivity contribution in [3.63, 3.8) is 0 Å². The Balaban J connectivity index is 3.43. The molecule has 0 N–H and O–H groups in total. The predicted molar refractivity (Wildman–Crippen MR) is 57.9 cm³/mol. The van der Waals surface area contributed by atoms with Crippen LogP contribution >= 0.6 is 0 Å². The van der Waals surface area contributed by atoms with E-state index in [-0.39, 0.29) is 5.92 Å². The minimum atomic E-state index is 0.151. The van der Waals surface area contributed by atoms with Crippen LogP contribution in [0.5, 0.6) is 0 Å². The Kier molecular flexibility index (Phi) is 6.75. The second kappa shape index (κ2) is 6.96. The first-order valence-electron chi connectivity index (χ1n) is 5.33. The highest BCUT2D eigenvalue weighted by Crippen LogP contribution is 2.03. The summed E-state index contributed by atoms with van der Waals surface area (Å²) < 4.78 is 0. The van der Waals surface area contributed by atoms with E-state index < -0.39 is 0 Å². The van der Waals surface area contributed by atoms with E-state index in [9.17, 15) is 4.79 Å². The van der Waals surface area contributed by atoms with Gasteiger partial charge in [-0.15, -0.1) is 0 Å². The average molecular weight is 201 g/mol. The van der Waals surface area contributed by atoms with E-state index in [0.717, 1.165) is 6.42 Å². The molecule has 0 fully saturated rings. The largest absolute Gasteiger partial charge is 0.299 e. The number of carbonyl (C=O) groups excluding carboxylic acids is 1. The molecule has 0 aliphatic heterocycles. The zero-order valence-corrected chi connectivity index (χ0v) is 10.0. The van der Waals surface area contributed by atoms with Crippen LogP contribution in [0.3, 0.4) is 0 Å². The van der Waals surface area contributed by atoms with Crippen molar-refractivity contribution in [2.45, 2.75) is 46.6 Å². The number of hydrogen-bond acceptors (Lipinski definition) is 3. The second-order valence-corrected chi connectivity index (χ2v) is 4.20. The van der Waals surface area contributed by atoms with Gasteiger partial charge < -0.3 is 0 Å². The van der Waals surface area contributed by atoms with Gasteiger partial charge in [0.2, 0.25) is 0 Å². The third-order valence-electron chi connectivity index (χ3n) is 2.23. The first kappa shape index (κ1) is 13.6. The maximum atomic E-state index is 11.3. The minimum Gasteiger partial charge on any atom is -0.299 e. The van der Waals surface area contributed by atoms with E-state index >= 15 is 0 Å². The molecule has 0 saturated carbocycles. The summed E-state index contributed by atoms with van der Waals surface area (Å²) in [5.74, 6) is 0.471. The summed E-state index contributed by atoms with van der Waals surface area (Å²) in [5.41, 5.74) is 0. The highest BCUT2D eigenvalue weighted by molar-refractivity contribution is 5.80. The van der Waals surface area contributed by atoms with Crippen molar-refractivity contribution in [1.29, 1.82) is 0 Å². The summed E-state index contributed by atoms with van der Waals surface area (Å²) >= 11 is 0. The third kappa shape index (κ3) is 6.11. The lowest BCUT2D eigenvalue weighted by Gasteiger charge is -2.20. The Morgan fingerprint density at radius 3 is 2.29 bits per heavy atom. The summed E-state index contributed by atoms with van der Waals surface area (Å²) in [5, 5.41) is 1.82. The number of hydroxylamine groups is 2. The summed E-state index contributed by atoms with van der Waals surface area (Å²) in [4.78, 5) is 16.7. The van der Waals surface area contributed by atoms with E-state index in [1.807, 2.05) is 26.0 Å². The number of carbonyl (C=O) groups is 1. The number of ketones is 1. The molecule has 0 spiro atoms. The van der Waals surface area contributed by atoms with Gasteiger partial charge in [0.05, 0.1) is 6.61 Å². The zero-order valence-electron chi connectivity index (χ0n) is 10.0. The fourth-order valence-corrected chi connectivity index (χ4v) is 0.893. The van der Waals surface area contributed by atoms with Gasteiger partial charge in [-0.2, -0.15) is 5.06 Å². The Morgan fingerprint density at radius 2 is 1.86 bits per heavy atom. The van der Waals surface area contributed by atoms with E-state index in [2.05, 4.69) is 13.8 Å². The molecule has 0 bridgehead atoms. The molecular formula is C11H23NO2. The monoisotopic (exact) mass is 201 g/mol. The Bertz CT molecular complexity index is 167. The van der Waals surface area contributed by atoms with Crippen molar-refractivity contribution in [2.75, 3.05) is 13.7 Å². The van der Waals surface area contributed by atoms with Crippen LogP contribution in [0.1, 0.15) is 40.5 Å². The van der Waals surface area contributed by atoms with Crippen molar-refractivity contribution in [3.05, 3.63) is 0 Å². The van der Waals surface area contributed by atoms with Gasteiger partial charge in [0.25, 0.3) is 0 Å². The molecule has 0 aliphatic carbocycles. The molecule has 14 heavy (non-hydrogen) atoms. The second-order valence-electron chi connectivity index (χ2n) is 4.20. The van der Waals surface area contributed by atoms with Crippen LogP contribution in [0.4, 0.5) is 0 Å². The van der Waals surface area contributed by atoms with Crippen molar-refractivity contribution in [1.82, 2.24) is 5.06 Å². The fraction of sp³-hybridized carbons (Fsp3) is 0.909. The number of nitrogens with zero attached hydrogens (tertiary/aromatic N) is 1. The maximum absolute atomic E-state index is 11.3. The molecule has 3 nitrogen and oxygen atoms in total. The zero-order chi connectivity index (χ0) is 11.1. The van der Waals surface area contributed by atoms with Crippen LogP contribution in [-0.4, -0.2) is 30.5 Å². The number of hydrogen-bond donors (Lipinski definition) is 0. The van der Waals surface area contributed by atoms with E-state index in [0.29, 0.717) is 24.9 Å². The minimum absolute atomic E-state index is 0.151. The average Bonchev–Trinajstić information content (AvgIpc) is 2.11. The summed E-state index contributed by atoms with van der Waals surface area (Å²) in [6.07, 6.45) is 1.44. The summed E-state index contributed by atoms with van der Waals surface area (Å²) in [7, 11) is 1.91. The van der Waals surface area contributed by atoms with Gasteiger partial charge in [-0.3, -0.25) is 9.63 Å². The third-order valence-corrected chi connectivity index (χ3v) is 2.23. The van der Waals surface area contributed by atoms with Gasteiger partial charge in [0.1, 0.15) is 5.78 Å². The van der Waals surface area contributed by atoms with Gasteiger partial charge in [0.15, 0.2) is 0 Å². The number of Topliss-reactive ketones (excluding diaryl/α,β-unsaturated/α-hetero) is 1. The molecule has 0 radical (unpaired) electrons. The Hall–Kier alpha value is -0.410. The van der Waals surface area contributed by atoms with Gasteiger partial charge in [0, 0.05) is 25.4 Å². The fourth-order valence-electron chi connectivity index (χ4n) is 0.893. The highest BCUT2D eigenvalue weighted by Gasteiger charge is 2.07. The molecule has 0 heterocycles. The molecule has 0 unspecified atom stereocenters. The molecular weight excluding hydrogens is 178 g/mol. The lowest BCUT2D eigenvalue weighted by Crippen LogP contribution is -2.27. The first-order chi connectivity index (χ1) is 6.45. The molecule has 0 amide bonds. The maximum Gasteiger partial charge on any atom is 0.135 e. The van der Waals surface area contributed by atoms with E-state index in [1.54, 1.807) is 0 Å². The lowest BCUT2D eigenvalue weighted by atomic mass is 10.1. The van der Waals surface area contributed by atoms with Crippen molar-refractivity contribution < 1.29 is 9.63 Å². The first-order valence-corrected chi connectivity index (χ1v) is 5.33. The van der Waals surface area contributed by atoms with Gasteiger partial charge in [-0.25, -0.2) is 0 Å². The van der Waals surface area contributed by atoms with Gasteiger partial charge in [-0.1, -0.05) is 13.8 Å². The normalized spacial score (nSPS) is 11.7. The molecule has 0 saturated heterocycles. The molecule has 3 heteroatoms. The van der Waals surface area contributed by atoms with Crippen LogP contribution in [0.15, 0.2) is 0 Å². The molecule has 0 aromatic heterocycles. The van der Waals surface area contributed by atoms with Crippen LogP contribution in [0.2, 0.25) is 0 Å². The van der Waals surface area contributed by atoms with Gasteiger partial charge >= 0.3 is 0 Å². The Morgan fingerprint density at radius 1 is 1.29 bits per heavy atom. The summed E-state index contributed by atoms with van der Waals surface area (Å²) in [6, 6.07) is 0.385. The quantitative estimate of drug-likeness (QED) is 0.467. The van der Waals surface area contributed by atoms with Crippen LogP contribution in [0, 0.1) is 5.92 Å². The lowest BCUT2D eigenvalue weighted by molar-refractivity contribution is -0.161.